The average Bonchev–Trinajstić information content (AvgIpc) is 2.74. The molecular weight excluding hydrogens is 510 g/mol. The van der Waals surface area contributed by atoms with Crippen LogP contribution >= 0.6 is 58.2 Å². The number of alkyl halides is 3. The number of carbonyl (C=O) groups excluding carboxylic acids is 3. The molecule has 2 atom stereocenters. The molecule has 1 fully saturated rings. The number of esters is 1. The van der Waals surface area contributed by atoms with E-state index in [9.17, 15) is 14.4 Å². The van der Waals surface area contributed by atoms with Gasteiger partial charge in [-0.3, -0.25) is 14.5 Å². The molecule has 0 saturated carbocycles. The molecule has 0 aromatic heterocycles. The number of para-hydroxylation sites is 1. The zero-order valence-corrected chi connectivity index (χ0v) is 19.8. The summed E-state index contributed by atoms with van der Waals surface area (Å²) < 4.78 is 8.64. The SMILES string of the molecule is CC1=C(C(=O)OCC(Cl)(Cl)Cl)N2C(=O)C(NC(=O)COc3ccccc3)[C@H]2SC1=CCl. The third kappa shape index (κ3) is 5.62. The molecule has 1 aromatic rings. The number of halogens is 4. The molecule has 1 unspecified atom stereocenters. The molecular formula is C19H16Cl4N2O5S. The molecule has 7 nitrogen and oxygen atoms in total. The van der Waals surface area contributed by atoms with Gasteiger partial charge in [-0.05, 0) is 24.6 Å². The van der Waals surface area contributed by atoms with Gasteiger partial charge in [0.2, 0.25) is 3.79 Å². The highest BCUT2D eigenvalue weighted by atomic mass is 35.6. The summed E-state index contributed by atoms with van der Waals surface area (Å²) in [6.45, 7) is 0.858. The van der Waals surface area contributed by atoms with Crippen molar-refractivity contribution in [3.63, 3.8) is 0 Å². The Hall–Kier alpha value is -1.58. The van der Waals surface area contributed by atoms with Crippen LogP contribution in [0.15, 0.2) is 52.0 Å². The molecule has 2 heterocycles. The fraction of sp³-hybridized carbons (Fsp3) is 0.316. The summed E-state index contributed by atoms with van der Waals surface area (Å²) >= 11 is 24.0. The molecule has 1 saturated heterocycles. The summed E-state index contributed by atoms with van der Waals surface area (Å²) in [7, 11) is 0. The molecule has 31 heavy (non-hydrogen) atoms. The Bertz CT molecular complexity index is 948. The third-order valence-electron chi connectivity index (χ3n) is 4.35. The highest BCUT2D eigenvalue weighted by Gasteiger charge is 2.55. The van der Waals surface area contributed by atoms with E-state index < -0.39 is 39.6 Å². The molecule has 3 rings (SSSR count). The summed E-state index contributed by atoms with van der Waals surface area (Å²) in [5, 5.41) is 2.04. The first-order chi connectivity index (χ1) is 14.6. The van der Waals surface area contributed by atoms with Gasteiger partial charge in [0.25, 0.3) is 11.8 Å². The molecule has 166 valence electrons. The van der Waals surface area contributed by atoms with Crippen molar-refractivity contribution < 1.29 is 23.9 Å². The number of benzene rings is 1. The van der Waals surface area contributed by atoms with Crippen molar-refractivity contribution in [1.29, 1.82) is 0 Å². The van der Waals surface area contributed by atoms with Gasteiger partial charge in [0.05, 0.1) is 0 Å². The Labute approximate surface area is 202 Å². The van der Waals surface area contributed by atoms with Gasteiger partial charge in [0, 0.05) is 10.4 Å². The van der Waals surface area contributed by atoms with Crippen LogP contribution in [-0.2, 0) is 19.1 Å². The van der Waals surface area contributed by atoms with Crippen LogP contribution in [0, 0.1) is 0 Å². The maximum absolute atomic E-state index is 12.7. The standard InChI is InChI=1S/C19H16Cl4N2O5S/c1-10-12(7-20)31-17-14(24-13(26)8-29-11-5-3-2-4-6-11)16(27)25(17)15(10)18(28)30-9-19(21,22)23/h2-7,14,17H,8-9H2,1H3,(H,24,26)/t14?,17-/m1/s1. The Morgan fingerprint density at radius 2 is 1.94 bits per heavy atom. The fourth-order valence-electron chi connectivity index (χ4n) is 2.93. The second-order valence-corrected chi connectivity index (χ2v) is 10.4. The van der Waals surface area contributed by atoms with Gasteiger partial charge in [-0.1, -0.05) is 76.4 Å². The predicted molar refractivity (Wildman–Crippen MR) is 120 cm³/mol. The molecule has 2 aliphatic heterocycles. The number of ether oxygens (including phenoxy) is 2. The first kappa shape index (κ1) is 24.1. The second-order valence-electron chi connectivity index (χ2n) is 6.50. The van der Waals surface area contributed by atoms with Crippen molar-refractivity contribution in [3.05, 3.63) is 52.0 Å². The molecule has 0 bridgehead atoms. The number of amides is 2. The van der Waals surface area contributed by atoms with E-state index in [4.69, 9.17) is 55.9 Å². The molecule has 1 N–H and O–H groups in total. The number of thioether (sulfide) groups is 1. The lowest BCUT2D eigenvalue weighted by Gasteiger charge is -2.49. The number of rotatable bonds is 6. The van der Waals surface area contributed by atoms with Crippen molar-refractivity contribution in [2.24, 2.45) is 0 Å². The zero-order valence-electron chi connectivity index (χ0n) is 15.9. The molecule has 0 aliphatic carbocycles. The van der Waals surface area contributed by atoms with Gasteiger partial charge in [0.1, 0.15) is 29.5 Å². The molecule has 2 amide bonds. The number of carbonyl (C=O) groups is 3. The highest BCUT2D eigenvalue weighted by molar-refractivity contribution is 8.04. The summed E-state index contributed by atoms with van der Waals surface area (Å²) in [5.41, 5.74) is 1.72. The van der Waals surface area contributed by atoms with Crippen molar-refractivity contribution in [3.8, 4) is 5.75 Å². The lowest BCUT2D eigenvalue weighted by Crippen LogP contribution is -2.70. The minimum atomic E-state index is -1.80. The molecule has 0 spiro atoms. The summed E-state index contributed by atoms with van der Waals surface area (Å²) in [5.74, 6) is -1.27. The number of allylic oxidation sites excluding steroid dienone is 1. The molecule has 0 radical (unpaired) electrons. The quantitative estimate of drug-likeness (QED) is 0.346. The first-order valence-corrected chi connectivity index (χ1v) is 11.3. The van der Waals surface area contributed by atoms with Crippen LogP contribution in [0.5, 0.6) is 5.75 Å². The minimum absolute atomic E-state index is 0.0130. The van der Waals surface area contributed by atoms with E-state index >= 15 is 0 Å². The van der Waals surface area contributed by atoms with Crippen LogP contribution in [0.1, 0.15) is 6.92 Å². The van der Waals surface area contributed by atoms with E-state index in [-0.39, 0.29) is 12.3 Å². The molecule has 1 aromatic carbocycles. The van der Waals surface area contributed by atoms with E-state index in [0.717, 1.165) is 0 Å². The normalized spacial score (nSPS) is 22.0. The fourth-order valence-corrected chi connectivity index (χ4v) is 4.63. The van der Waals surface area contributed by atoms with Crippen molar-refractivity contribution in [2.75, 3.05) is 13.2 Å². The summed E-state index contributed by atoms with van der Waals surface area (Å²) in [6, 6.07) is 7.92. The lowest BCUT2D eigenvalue weighted by molar-refractivity contribution is -0.153. The predicted octanol–water partition coefficient (Wildman–Crippen LogP) is 3.73. The number of fused-ring (bicyclic) bond motifs is 1. The van der Waals surface area contributed by atoms with E-state index in [1.165, 1.54) is 22.2 Å². The number of hydrogen-bond donors (Lipinski definition) is 1. The molecule has 12 heteroatoms. The smallest absolute Gasteiger partial charge is 0.355 e. The minimum Gasteiger partial charge on any atom is -0.484 e. The van der Waals surface area contributed by atoms with Gasteiger partial charge in [-0.2, -0.15) is 0 Å². The Morgan fingerprint density at radius 1 is 1.26 bits per heavy atom. The van der Waals surface area contributed by atoms with Crippen LogP contribution in [-0.4, -0.2) is 51.1 Å². The van der Waals surface area contributed by atoms with E-state index in [1.54, 1.807) is 31.2 Å². The van der Waals surface area contributed by atoms with Crippen LogP contribution in [0.25, 0.3) is 0 Å². The van der Waals surface area contributed by atoms with Crippen LogP contribution < -0.4 is 10.1 Å². The zero-order chi connectivity index (χ0) is 22.8. The topological polar surface area (TPSA) is 84.9 Å². The van der Waals surface area contributed by atoms with E-state index in [2.05, 4.69) is 5.32 Å². The number of nitrogens with zero attached hydrogens (tertiary/aromatic N) is 1. The van der Waals surface area contributed by atoms with E-state index in [1.807, 2.05) is 6.07 Å². The first-order valence-electron chi connectivity index (χ1n) is 8.85. The number of hydrogen-bond acceptors (Lipinski definition) is 6. The maximum Gasteiger partial charge on any atom is 0.355 e. The Balaban J connectivity index is 1.69. The van der Waals surface area contributed by atoms with Gasteiger partial charge < -0.3 is 14.8 Å². The van der Waals surface area contributed by atoms with E-state index in [0.29, 0.717) is 16.2 Å². The van der Waals surface area contributed by atoms with Gasteiger partial charge in [0.15, 0.2) is 6.61 Å². The monoisotopic (exact) mass is 524 g/mol. The summed E-state index contributed by atoms with van der Waals surface area (Å²) in [4.78, 5) is 39.4. The highest BCUT2D eigenvalue weighted by Crippen LogP contribution is 2.46. The van der Waals surface area contributed by atoms with Gasteiger partial charge in [-0.15, -0.1) is 0 Å². The van der Waals surface area contributed by atoms with Crippen LogP contribution in [0.4, 0.5) is 0 Å². The van der Waals surface area contributed by atoms with Crippen molar-refractivity contribution >= 4 is 75.9 Å². The van der Waals surface area contributed by atoms with Crippen molar-refractivity contribution in [2.45, 2.75) is 22.1 Å². The Kier molecular flexibility index (Phi) is 7.70. The second kappa shape index (κ2) is 9.92. The average molecular weight is 526 g/mol. The molecule has 2 aliphatic rings. The number of β-lactam (4-membered cyclic amide) rings is 1. The maximum atomic E-state index is 12.7. The van der Waals surface area contributed by atoms with Gasteiger partial charge >= 0.3 is 5.97 Å². The largest absolute Gasteiger partial charge is 0.484 e. The Morgan fingerprint density at radius 3 is 2.55 bits per heavy atom. The van der Waals surface area contributed by atoms with Crippen LogP contribution in [0.3, 0.4) is 0 Å². The van der Waals surface area contributed by atoms with Crippen molar-refractivity contribution in [1.82, 2.24) is 10.2 Å². The van der Waals surface area contributed by atoms with Gasteiger partial charge in [-0.25, -0.2) is 4.79 Å². The number of nitrogens with one attached hydrogen (secondary N) is 1. The van der Waals surface area contributed by atoms with Crippen LogP contribution in [0.2, 0.25) is 0 Å². The summed E-state index contributed by atoms with van der Waals surface area (Å²) in [6.07, 6.45) is 0. The lowest BCUT2D eigenvalue weighted by atomic mass is 10.0. The third-order valence-corrected chi connectivity index (χ3v) is 6.42.